The number of carbonyl (C=O) groups excluding carboxylic acids is 3. The lowest BCUT2D eigenvalue weighted by Crippen LogP contribution is -2.54. The van der Waals surface area contributed by atoms with E-state index in [0.29, 0.717) is 11.1 Å². The van der Waals surface area contributed by atoms with Gasteiger partial charge in [-0.15, -0.1) is 0 Å². The molecule has 2 unspecified atom stereocenters. The maximum atomic E-state index is 14.3. The van der Waals surface area contributed by atoms with Crippen LogP contribution >= 0.6 is 0 Å². The van der Waals surface area contributed by atoms with E-state index in [0.717, 1.165) is 16.7 Å². The highest BCUT2D eigenvalue weighted by molar-refractivity contribution is 5.93. The third-order valence-corrected chi connectivity index (χ3v) is 6.57. The highest BCUT2D eigenvalue weighted by atomic mass is 16.6. The van der Waals surface area contributed by atoms with Crippen molar-refractivity contribution in [3.05, 3.63) is 101 Å². The Labute approximate surface area is 247 Å². The minimum absolute atomic E-state index is 0.0331. The standard InChI is InChI=1S/C33H38N4O5/c1-22-10-9-11-23(2)28(22)29(30(39)35-21-25-12-7-6-8-13-25)37(19-18-34)31(40)27(36-32(41)42-33(3,4)5)20-24-14-16-26(38)17-15-24/h6-17,27,29,38H,19-21H2,1-5H3,(H,35,39)(H,36,41). The number of nitrogens with one attached hydrogen (secondary N) is 2. The molecule has 0 fully saturated rings. The van der Waals surface area contributed by atoms with E-state index >= 15 is 0 Å². The summed E-state index contributed by atoms with van der Waals surface area (Å²) in [6, 6.07) is 20.9. The molecule has 3 N–H and O–H groups in total. The van der Waals surface area contributed by atoms with Gasteiger partial charge in [0.2, 0.25) is 11.8 Å². The molecule has 0 radical (unpaired) electrons. The molecule has 0 aliphatic rings. The number of nitrogens with zero attached hydrogens (tertiary/aromatic N) is 2. The second-order valence-electron chi connectivity index (χ2n) is 11.1. The molecule has 9 nitrogen and oxygen atoms in total. The summed E-state index contributed by atoms with van der Waals surface area (Å²) >= 11 is 0. The Balaban J connectivity index is 2.05. The number of ether oxygens (including phenoxy) is 1. The Bertz CT molecular complexity index is 1410. The van der Waals surface area contributed by atoms with Crippen molar-refractivity contribution in [2.75, 3.05) is 6.54 Å². The Hall–Kier alpha value is -4.84. The number of nitriles is 1. The smallest absolute Gasteiger partial charge is 0.408 e. The van der Waals surface area contributed by atoms with Gasteiger partial charge in [0.1, 0.15) is 30.0 Å². The molecule has 0 aliphatic heterocycles. The molecular weight excluding hydrogens is 532 g/mol. The highest BCUT2D eigenvalue weighted by Crippen LogP contribution is 2.29. The summed E-state index contributed by atoms with van der Waals surface area (Å²) in [5.41, 5.74) is 2.87. The van der Waals surface area contributed by atoms with E-state index in [1.54, 1.807) is 32.9 Å². The number of phenols is 1. The Morgan fingerprint density at radius 1 is 0.929 bits per heavy atom. The molecule has 0 saturated carbocycles. The van der Waals surface area contributed by atoms with Crippen molar-refractivity contribution in [2.45, 2.75) is 65.3 Å². The number of amides is 3. The monoisotopic (exact) mass is 570 g/mol. The number of phenolic OH excluding ortho intramolecular Hbond substituents is 1. The molecule has 220 valence electrons. The zero-order chi connectivity index (χ0) is 30.9. The van der Waals surface area contributed by atoms with Crippen LogP contribution in [0.1, 0.15) is 54.6 Å². The van der Waals surface area contributed by atoms with Gasteiger partial charge in [0.25, 0.3) is 0 Å². The number of aromatic hydroxyl groups is 1. The SMILES string of the molecule is Cc1cccc(C)c1C(C(=O)NCc1ccccc1)N(CC#N)C(=O)C(Cc1ccc(O)cc1)NC(=O)OC(C)(C)C. The zero-order valence-corrected chi connectivity index (χ0v) is 24.7. The fourth-order valence-corrected chi connectivity index (χ4v) is 4.66. The zero-order valence-electron chi connectivity index (χ0n) is 24.7. The third kappa shape index (κ3) is 8.83. The Morgan fingerprint density at radius 2 is 1.55 bits per heavy atom. The maximum Gasteiger partial charge on any atom is 0.408 e. The molecule has 3 aromatic carbocycles. The van der Waals surface area contributed by atoms with Crippen molar-refractivity contribution in [2.24, 2.45) is 0 Å². The molecule has 0 heterocycles. The quantitative estimate of drug-likeness (QED) is 0.299. The van der Waals surface area contributed by atoms with E-state index in [4.69, 9.17) is 4.74 Å². The fraction of sp³-hybridized carbons (Fsp3) is 0.333. The van der Waals surface area contributed by atoms with Crippen molar-refractivity contribution in [3.63, 3.8) is 0 Å². The van der Waals surface area contributed by atoms with Crippen LogP contribution in [-0.4, -0.2) is 46.1 Å². The van der Waals surface area contributed by atoms with Crippen molar-refractivity contribution in [1.82, 2.24) is 15.5 Å². The molecule has 0 aliphatic carbocycles. The highest BCUT2D eigenvalue weighted by Gasteiger charge is 2.37. The maximum absolute atomic E-state index is 14.3. The van der Waals surface area contributed by atoms with Crippen LogP contribution in [0, 0.1) is 25.2 Å². The summed E-state index contributed by atoms with van der Waals surface area (Å²) in [5, 5.41) is 25.1. The van der Waals surface area contributed by atoms with Gasteiger partial charge in [-0.2, -0.15) is 5.26 Å². The summed E-state index contributed by atoms with van der Waals surface area (Å²) in [6.45, 7) is 8.64. The summed E-state index contributed by atoms with van der Waals surface area (Å²) in [4.78, 5) is 42.3. The first-order chi connectivity index (χ1) is 19.9. The predicted octanol–water partition coefficient (Wildman–Crippen LogP) is 4.85. The molecule has 3 rings (SSSR count). The summed E-state index contributed by atoms with van der Waals surface area (Å²) < 4.78 is 5.43. The normalized spacial score (nSPS) is 12.4. The van der Waals surface area contributed by atoms with E-state index in [1.165, 1.54) is 17.0 Å². The van der Waals surface area contributed by atoms with Gasteiger partial charge in [-0.1, -0.05) is 60.7 Å². The number of alkyl carbamates (subject to hydrolysis) is 1. The van der Waals surface area contributed by atoms with E-state index in [9.17, 15) is 24.8 Å². The van der Waals surface area contributed by atoms with Crippen molar-refractivity contribution < 1.29 is 24.2 Å². The second kappa shape index (κ2) is 14.2. The van der Waals surface area contributed by atoms with E-state index < -0.39 is 42.1 Å². The molecule has 42 heavy (non-hydrogen) atoms. The first-order valence-electron chi connectivity index (χ1n) is 13.7. The van der Waals surface area contributed by atoms with Gasteiger partial charge in [-0.3, -0.25) is 9.59 Å². The Morgan fingerprint density at radius 3 is 2.12 bits per heavy atom. The summed E-state index contributed by atoms with van der Waals surface area (Å²) in [5.74, 6) is -1.03. The van der Waals surface area contributed by atoms with Crippen LogP contribution in [0.4, 0.5) is 4.79 Å². The average molecular weight is 571 g/mol. The molecule has 9 heteroatoms. The predicted molar refractivity (Wildman–Crippen MR) is 159 cm³/mol. The number of carbonyl (C=O) groups is 3. The van der Waals surface area contributed by atoms with Crippen LogP contribution in [0.2, 0.25) is 0 Å². The number of rotatable bonds is 10. The van der Waals surface area contributed by atoms with Crippen molar-refractivity contribution in [1.29, 1.82) is 5.26 Å². The van der Waals surface area contributed by atoms with Gasteiger partial charge in [0, 0.05) is 13.0 Å². The number of aryl methyl sites for hydroxylation is 2. The van der Waals surface area contributed by atoms with Gasteiger partial charge in [-0.25, -0.2) is 4.79 Å². The molecule has 3 aromatic rings. The lowest BCUT2D eigenvalue weighted by molar-refractivity contribution is -0.141. The Kier molecular flexibility index (Phi) is 10.7. The third-order valence-electron chi connectivity index (χ3n) is 6.57. The van der Waals surface area contributed by atoms with Gasteiger partial charge >= 0.3 is 6.09 Å². The van der Waals surface area contributed by atoms with Crippen LogP contribution in [0.3, 0.4) is 0 Å². The fourth-order valence-electron chi connectivity index (χ4n) is 4.66. The van der Waals surface area contributed by atoms with Crippen LogP contribution < -0.4 is 10.6 Å². The minimum Gasteiger partial charge on any atom is -0.508 e. The van der Waals surface area contributed by atoms with E-state index in [2.05, 4.69) is 10.6 Å². The second-order valence-corrected chi connectivity index (χ2v) is 11.1. The molecule has 3 amide bonds. The average Bonchev–Trinajstić information content (AvgIpc) is 2.93. The van der Waals surface area contributed by atoms with Crippen LogP contribution in [0.5, 0.6) is 5.75 Å². The van der Waals surface area contributed by atoms with Gasteiger partial charge < -0.3 is 25.4 Å². The van der Waals surface area contributed by atoms with Crippen LogP contribution in [0.15, 0.2) is 72.8 Å². The largest absolute Gasteiger partial charge is 0.508 e. The molecule has 0 saturated heterocycles. The molecule has 0 bridgehead atoms. The topological polar surface area (TPSA) is 132 Å². The van der Waals surface area contributed by atoms with Crippen molar-refractivity contribution in [3.8, 4) is 11.8 Å². The van der Waals surface area contributed by atoms with Gasteiger partial charge in [0.05, 0.1) is 6.07 Å². The number of hydrogen-bond acceptors (Lipinski definition) is 6. The van der Waals surface area contributed by atoms with Gasteiger partial charge in [0.15, 0.2) is 0 Å². The summed E-state index contributed by atoms with van der Waals surface area (Å²) in [7, 11) is 0. The van der Waals surface area contributed by atoms with Gasteiger partial charge in [-0.05, 0) is 74.6 Å². The summed E-state index contributed by atoms with van der Waals surface area (Å²) in [6.07, 6.45) is -0.778. The van der Waals surface area contributed by atoms with E-state index in [-0.39, 0.29) is 18.7 Å². The number of benzene rings is 3. The lowest BCUT2D eigenvalue weighted by atomic mass is 9.93. The first-order valence-corrected chi connectivity index (χ1v) is 13.7. The van der Waals surface area contributed by atoms with Crippen molar-refractivity contribution >= 4 is 17.9 Å². The number of hydrogen-bond donors (Lipinski definition) is 3. The van der Waals surface area contributed by atoms with E-state index in [1.807, 2.05) is 68.4 Å². The first kappa shape index (κ1) is 31.7. The van der Waals surface area contributed by atoms with Crippen LogP contribution in [-0.2, 0) is 27.3 Å². The van der Waals surface area contributed by atoms with Crippen LogP contribution in [0.25, 0.3) is 0 Å². The molecular formula is C33H38N4O5. The molecule has 0 spiro atoms. The lowest BCUT2D eigenvalue weighted by Gasteiger charge is -2.34. The minimum atomic E-state index is -1.17. The molecule has 2 atom stereocenters. The molecule has 0 aromatic heterocycles.